The molecule has 5 aromatic rings. The first-order valence-corrected chi connectivity index (χ1v) is 15.2. The lowest BCUT2D eigenvalue weighted by atomic mass is 10.1. The summed E-state index contributed by atoms with van der Waals surface area (Å²) >= 11 is 0. The van der Waals surface area contributed by atoms with Crippen molar-refractivity contribution in [1.82, 2.24) is 24.8 Å². The number of nitrogens with one attached hydrogen (secondary N) is 3. The van der Waals surface area contributed by atoms with Gasteiger partial charge >= 0.3 is 0 Å². The van der Waals surface area contributed by atoms with E-state index >= 15 is 0 Å². The van der Waals surface area contributed by atoms with E-state index < -0.39 is 0 Å². The quantitative estimate of drug-likeness (QED) is 0.147. The summed E-state index contributed by atoms with van der Waals surface area (Å²) in [5.41, 5.74) is 5.45. The second-order valence-electron chi connectivity index (χ2n) is 11.4. The maximum atomic E-state index is 13.6. The first-order chi connectivity index (χ1) is 22.7. The molecule has 0 atom stereocenters. The molecule has 2 heterocycles. The van der Waals surface area contributed by atoms with Crippen LogP contribution in [0.15, 0.2) is 91.8 Å². The van der Waals surface area contributed by atoms with Gasteiger partial charge in [-0.2, -0.15) is 0 Å². The lowest BCUT2D eigenvalue weighted by Gasteiger charge is -2.26. The van der Waals surface area contributed by atoms with E-state index in [1.54, 1.807) is 13.2 Å². The number of para-hydroxylation sites is 1. The molecule has 0 bridgehead atoms. The van der Waals surface area contributed by atoms with Gasteiger partial charge in [-0.15, -0.1) is 0 Å². The summed E-state index contributed by atoms with van der Waals surface area (Å²) in [6.07, 6.45) is 4.72. The van der Waals surface area contributed by atoms with Gasteiger partial charge in [-0.3, -0.25) is 9.59 Å². The molecule has 0 aliphatic rings. The summed E-state index contributed by atoms with van der Waals surface area (Å²) in [7, 11) is 9.51. The predicted octanol–water partition coefficient (Wildman–Crippen LogP) is 5.44. The number of carbonyl (C=O) groups is 2. The van der Waals surface area contributed by atoms with Crippen molar-refractivity contribution in [2.24, 2.45) is 7.05 Å². The summed E-state index contributed by atoms with van der Waals surface area (Å²) in [5, 5.41) is 10.1. The fourth-order valence-corrected chi connectivity index (χ4v) is 5.24. The number of ether oxygens (including phenoxy) is 1. The third-order valence-corrected chi connectivity index (χ3v) is 7.78. The number of aryl methyl sites for hydroxylation is 1. The number of carbonyl (C=O) groups excluding carboxylic acids is 2. The van der Waals surface area contributed by atoms with E-state index in [-0.39, 0.29) is 17.8 Å². The van der Waals surface area contributed by atoms with E-state index in [4.69, 9.17) is 9.72 Å². The molecule has 0 unspecified atom stereocenters. The van der Waals surface area contributed by atoms with Crippen molar-refractivity contribution in [3.05, 3.63) is 103 Å². The van der Waals surface area contributed by atoms with Crippen molar-refractivity contribution >= 4 is 45.7 Å². The first kappa shape index (κ1) is 32.7. The number of fused-ring (bicyclic) bond motifs is 1. The Labute approximate surface area is 274 Å². The molecule has 0 fully saturated rings. The van der Waals surface area contributed by atoms with Crippen molar-refractivity contribution in [3.8, 4) is 17.0 Å². The molecule has 0 saturated carbocycles. The highest BCUT2D eigenvalue weighted by Crippen LogP contribution is 2.38. The number of rotatable bonds is 13. The fourth-order valence-electron chi connectivity index (χ4n) is 5.24. The molecule has 0 aliphatic heterocycles. The van der Waals surface area contributed by atoms with Gasteiger partial charge in [-0.25, -0.2) is 9.97 Å². The number of methoxy groups -OCH3 is 1. The maximum Gasteiger partial charge on any atom is 0.255 e. The third-order valence-electron chi connectivity index (χ3n) is 7.78. The van der Waals surface area contributed by atoms with E-state index in [1.165, 1.54) is 12.3 Å². The first-order valence-electron chi connectivity index (χ1n) is 15.2. The van der Waals surface area contributed by atoms with Crippen LogP contribution in [-0.2, 0) is 18.4 Å². The Morgan fingerprint density at radius 2 is 1.74 bits per heavy atom. The summed E-state index contributed by atoms with van der Waals surface area (Å²) in [5.74, 6) is 0.137. The molecule has 0 saturated heterocycles. The summed E-state index contributed by atoms with van der Waals surface area (Å²) in [6, 6.07) is 21.3. The Morgan fingerprint density at radius 1 is 1.00 bits per heavy atom. The van der Waals surface area contributed by atoms with Crippen LogP contribution in [0.2, 0.25) is 0 Å². The topological polar surface area (TPSA) is 117 Å². The Hall–Kier alpha value is -5.68. The van der Waals surface area contributed by atoms with Crippen LogP contribution < -0.4 is 25.6 Å². The second-order valence-corrected chi connectivity index (χ2v) is 11.4. The molecule has 47 heavy (non-hydrogen) atoms. The Morgan fingerprint density at radius 3 is 2.47 bits per heavy atom. The lowest BCUT2D eigenvalue weighted by molar-refractivity contribution is -0.111. The highest BCUT2D eigenvalue weighted by Gasteiger charge is 2.22. The molecule has 0 aliphatic carbocycles. The molecule has 11 nitrogen and oxygen atoms in total. The van der Waals surface area contributed by atoms with Crippen molar-refractivity contribution in [3.63, 3.8) is 0 Å². The highest BCUT2D eigenvalue weighted by molar-refractivity contribution is 6.05. The van der Waals surface area contributed by atoms with Crippen LogP contribution in [0.5, 0.6) is 5.75 Å². The number of nitrogens with zero attached hydrogens (tertiary/aromatic N) is 5. The predicted molar refractivity (Wildman–Crippen MR) is 188 cm³/mol. The average molecular weight is 633 g/mol. The second kappa shape index (κ2) is 14.6. The van der Waals surface area contributed by atoms with Gasteiger partial charge < -0.3 is 35.1 Å². The number of hydrogen-bond donors (Lipinski definition) is 3. The number of aromatic nitrogens is 3. The summed E-state index contributed by atoms with van der Waals surface area (Å²) in [6.45, 7) is 5.49. The van der Waals surface area contributed by atoms with E-state index in [9.17, 15) is 9.59 Å². The molecule has 3 N–H and O–H groups in total. The molecule has 0 spiro atoms. The average Bonchev–Trinajstić information content (AvgIpc) is 3.42. The van der Waals surface area contributed by atoms with Crippen LogP contribution in [-0.4, -0.2) is 72.6 Å². The zero-order valence-electron chi connectivity index (χ0n) is 27.4. The minimum Gasteiger partial charge on any atom is -0.494 e. The molecule has 2 aromatic heterocycles. The number of hydrogen-bond acceptors (Lipinski definition) is 8. The van der Waals surface area contributed by atoms with Gasteiger partial charge in [0, 0.05) is 68.7 Å². The number of anilines is 4. The van der Waals surface area contributed by atoms with Crippen LogP contribution in [0, 0.1) is 0 Å². The van der Waals surface area contributed by atoms with Crippen molar-refractivity contribution in [1.29, 1.82) is 0 Å². The Bertz CT molecular complexity index is 1900. The maximum absolute atomic E-state index is 13.6. The number of likely N-dealkylation sites (N-methyl/N-ethyl adjacent to an activating group) is 2. The van der Waals surface area contributed by atoms with Gasteiger partial charge in [0.1, 0.15) is 5.75 Å². The molecular weight excluding hydrogens is 592 g/mol. The van der Waals surface area contributed by atoms with Gasteiger partial charge in [-0.05, 0) is 37.9 Å². The van der Waals surface area contributed by atoms with E-state index in [2.05, 4.69) is 32.4 Å². The van der Waals surface area contributed by atoms with Crippen LogP contribution in [0.1, 0.15) is 15.9 Å². The Kier molecular flexibility index (Phi) is 10.2. The SMILES string of the molecule is C=CC(=O)Nc1cc(Nc2ncc(C(=O)NCc3ccccc3)c(-c3cn(C)c4ccccc34)n2)c(OC)cc1N(C)CCN(C)C. The molecule has 11 heteroatoms. The van der Waals surface area contributed by atoms with Gasteiger partial charge in [0.25, 0.3) is 5.91 Å². The number of benzene rings is 3. The minimum absolute atomic E-state index is 0.251. The smallest absolute Gasteiger partial charge is 0.255 e. The largest absolute Gasteiger partial charge is 0.494 e. The highest BCUT2D eigenvalue weighted by atomic mass is 16.5. The molecular formula is C36H40N8O3. The fraction of sp³-hybridized carbons (Fsp3) is 0.222. The Balaban J connectivity index is 1.56. The van der Waals surface area contributed by atoms with E-state index in [0.717, 1.165) is 34.3 Å². The van der Waals surface area contributed by atoms with Crippen LogP contribution in [0.25, 0.3) is 22.2 Å². The van der Waals surface area contributed by atoms with Crippen LogP contribution in [0.4, 0.5) is 23.0 Å². The van der Waals surface area contributed by atoms with Gasteiger partial charge in [-0.1, -0.05) is 55.1 Å². The summed E-state index contributed by atoms with van der Waals surface area (Å²) < 4.78 is 7.79. The van der Waals surface area contributed by atoms with Crippen LogP contribution >= 0.6 is 0 Å². The molecule has 0 radical (unpaired) electrons. The van der Waals surface area contributed by atoms with Crippen molar-refractivity contribution < 1.29 is 14.3 Å². The molecule has 242 valence electrons. The minimum atomic E-state index is -0.344. The van der Waals surface area contributed by atoms with Gasteiger partial charge in [0.2, 0.25) is 11.9 Å². The molecule has 3 aromatic carbocycles. The monoisotopic (exact) mass is 632 g/mol. The number of amides is 2. The van der Waals surface area contributed by atoms with Gasteiger partial charge in [0.15, 0.2) is 0 Å². The normalized spacial score (nSPS) is 10.9. The third kappa shape index (κ3) is 7.59. The molecule has 2 amide bonds. The van der Waals surface area contributed by atoms with Crippen molar-refractivity contribution in [2.75, 3.05) is 56.9 Å². The van der Waals surface area contributed by atoms with E-state index in [1.807, 2.05) is 105 Å². The molecule has 5 rings (SSSR count). The van der Waals surface area contributed by atoms with Crippen molar-refractivity contribution in [2.45, 2.75) is 6.54 Å². The van der Waals surface area contributed by atoms with Crippen LogP contribution in [0.3, 0.4) is 0 Å². The summed E-state index contributed by atoms with van der Waals surface area (Å²) in [4.78, 5) is 39.6. The lowest BCUT2D eigenvalue weighted by Crippen LogP contribution is -2.29. The van der Waals surface area contributed by atoms with E-state index in [0.29, 0.717) is 41.5 Å². The zero-order valence-corrected chi connectivity index (χ0v) is 27.4. The zero-order chi connectivity index (χ0) is 33.5. The standard InChI is InChI=1S/C36H40N8O3/c1-7-33(45)39-28-19-29(32(47-6)20-31(28)43(4)18-17-42(2)3)40-36-38-22-26(35(46)37-21-24-13-9-8-10-14-24)34(41-36)27-23-44(5)30-16-12-11-15-25(27)30/h7-16,19-20,22-23H,1,17-18,21H2,2-6H3,(H,37,46)(H,39,45)(H,38,40,41). The van der Waals surface area contributed by atoms with Gasteiger partial charge in [0.05, 0.1) is 35.4 Å².